The third kappa shape index (κ3) is 2.38. The summed E-state index contributed by atoms with van der Waals surface area (Å²) in [6, 6.07) is 0.225. The lowest BCUT2D eigenvalue weighted by Crippen LogP contribution is -2.25. The molecule has 0 saturated heterocycles. The number of aromatic nitrogens is 3. The Bertz CT molecular complexity index is 433. The van der Waals surface area contributed by atoms with Gasteiger partial charge in [-0.15, -0.1) is 5.10 Å². The number of carboxylic acids is 1. The fraction of sp³-hybridized carbons (Fsp3) is 0.750. The van der Waals surface area contributed by atoms with E-state index in [2.05, 4.69) is 24.2 Å². The Morgan fingerprint density at radius 3 is 2.50 bits per heavy atom. The average molecular weight is 252 g/mol. The van der Waals surface area contributed by atoms with Gasteiger partial charge in [-0.2, -0.15) is 0 Å². The smallest absolute Gasteiger partial charge is 0.358 e. The summed E-state index contributed by atoms with van der Waals surface area (Å²) in [6.45, 7) is 4.60. The van der Waals surface area contributed by atoms with Gasteiger partial charge in [0.05, 0.1) is 11.7 Å². The van der Waals surface area contributed by atoms with E-state index in [1.165, 1.54) is 6.42 Å². The minimum Gasteiger partial charge on any atom is -0.476 e. The zero-order valence-electron chi connectivity index (χ0n) is 10.8. The van der Waals surface area contributed by atoms with E-state index < -0.39 is 5.97 Å². The van der Waals surface area contributed by atoms with E-state index in [0.29, 0.717) is 17.5 Å². The first kappa shape index (κ1) is 13.0. The molecule has 2 unspecified atom stereocenters. The zero-order valence-corrected chi connectivity index (χ0v) is 10.8. The van der Waals surface area contributed by atoms with Crippen molar-refractivity contribution >= 4 is 5.97 Å². The predicted molar refractivity (Wildman–Crippen MR) is 66.1 cm³/mol. The summed E-state index contributed by atoms with van der Waals surface area (Å²) < 4.78 is 1.73. The first-order valence-electron chi connectivity index (χ1n) is 6.40. The van der Waals surface area contributed by atoms with E-state index in [1.54, 1.807) is 4.68 Å². The largest absolute Gasteiger partial charge is 0.476 e. The molecule has 1 aliphatic rings. The Balaban J connectivity index is 2.30. The van der Waals surface area contributed by atoms with Gasteiger partial charge in [0, 0.05) is 6.54 Å². The summed E-state index contributed by atoms with van der Waals surface area (Å²) in [6.07, 6.45) is 3.24. The Hall–Kier alpha value is -1.43. The third-order valence-corrected chi connectivity index (χ3v) is 3.69. The molecular formula is C12H20N4O2. The van der Waals surface area contributed by atoms with Crippen LogP contribution in [-0.4, -0.2) is 26.1 Å². The van der Waals surface area contributed by atoms with Crippen molar-refractivity contribution in [3.05, 3.63) is 11.4 Å². The molecule has 6 nitrogen and oxygen atoms in total. The summed E-state index contributed by atoms with van der Waals surface area (Å²) in [5.41, 5.74) is 6.17. The fourth-order valence-corrected chi connectivity index (χ4v) is 3.07. The van der Waals surface area contributed by atoms with E-state index in [1.807, 2.05) is 0 Å². The molecule has 0 spiro atoms. The van der Waals surface area contributed by atoms with Gasteiger partial charge in [-0.25, -0.2) is 9.48 Å². The highest BCUT2D eigenvalue weighted by Gasteiger charge is 2.29. The van der Waals surface area contributed by atoms with E-state index in [-0.39, 0.29) is 18.3 Å². The van der Waals surface area contributed by atoms with Crippen molar-refractivity contribution in [2.45, 2.75) is 45.7 Å². The van der Waals surface area contributed by atoms with Crippen LogP contribution in [-0.2, 0) is 6.54 Å². The van der Waals surface area contributed by atoms with Crippen molar-refractivity contribution in [3.63, 3.8) is 0 Å². The van der Waals surface area contributed by atoms with Crippen molar-refractivity contribution in [1.29, 1.82) is 0 Å². The molecule has 0 amide bonds. The van der Waals surface area contributed by atoms with Crippen LogP contribution in [0.3, 0.4) is 0 Å². The van der Waals surface area contributed by atoms with Crippen molar-refractivity contribution in [1.82, 2.24) is 15.0 Å². The standard InChI is InChI=1S/C12H20N4O2/c1-7-3-8(2)5-9(4-7)16-10(6-13)11(12(17)18)14-15-16/h7-9H,3-6,13H2,1-2H3,(H,17,18). The van der Waals surface area contributed by atoms with Crippen LogP contribution < -0.4 is 5.73 Å². The molecule has 6 heteroatoms. The maximum atomic E-state index is 11.0. The molecule has 1 fully saturated rings. The van der Waals surface area contributed by atoms with E-state index in [0.717, 1.165) is 12.8 Å². The topological polar surface area (TPSA) is 94.0 Å². The van der Waals surface area contributed by atoms with Gasteiger partial charge in [0.25, 0.3) is 0 Å². The van der Waals surface area contributed by atoms with Gasteiger partial charge in [-0.05, 0) is 31.1 Å². The molecule has 1 saturated carbocycles. The van der Waals surface area contributed by atoms with Gasteiger partial charge >= 0.3 is 5.97 Å². The molecule has 1 heterocycles. The first-order valence-corrected chi connectivity index (χ1v) is 6.40. The van der Waals surface area contributed by atoms with Crippen LogP contribution in [0.5, 0.6) is 0 Å². The lowest BCUT2D eigenvalue weighted by atomic mass is 9.80. The Morgan fingerprint density at radius 1 is 1.39 bits per heavy atom. The molecule has 18 heavy (non-hydrogen) atoms. The molecular weight excluding hydrogens is 232 g/mol. The Labute approximate surface area is 106 Å². The minimum atomic E-state index is -1.06. The third-order valence-electron chi connectivity index (χ3n) is 3.69. The molecule has 1 aromatic rings. The molecule has 0 aromatic carbocycles. The van der Waals surface area contributed by atoms with Gasteiger partial charge in [0.15, 0.2) is 5.69 Å². The van der Waals surface area contributed by atoms with Gasteiger partial charge in [0.1, 0.15) is 0 Å². The predicted octanol–water partition coefficient (Wildman–Crippen LogP) is 1.43. The molecule has 0 bridgehead atoms. The number of carbonyl (C=O) groups is 1. The number of nitrogens with two attached hydrogens (primary N) is 1. The highest BCUT2D eigenvalue weighted by Crippen LogP contribution is 2.36. The molecule has 1 aliphatic carbocycles. The number of hydrogen-bond donors (Lipinski definition) is 2. The summed E-state index contributed by atoms with van der Waals surface area (Å²) in [5, 5.41) is 16.8. The van der Waals surface area contributed by atoms with Gasteiger partial charge in [-0.1, -0.05) is 19.1 Å². The Kier molecular flexibility index (Phi) is 3.65. The number of carboxylic acid groups (broad SMARTS) is 1. The van der Waals surface area contributed by atoms with Gasteiger partial charge in [0.2, 0.25) is 0 Å². The van der Waals surface area contributed by atoms with Gasteiger partial charge in [-0.3, -0.25) is 0 Å². The summed E-state index contributed by atoms with van der Waals surface area (Å²) in [5.74, 6) is 0.197. The van der Waals surface area contributed by atoms with Crippen LogP contribution in [0.25, 0.3) is 0 Å². The van der Waals surface area contributed by atoms with Crippen molar-refractivity contribution in [3.8, 4) is 0 Å². The maximum Gasteiger partial charge on any atom is 0.358 e. The van der Waals surface area contributed by atoms with Crippen LogP contribution >= 0.6 is 0 Å². The van der Waals surface area contributed by atoms with Crippen molar-refractivity contribution < 1.29 is 9.90 Å². The van der Waals surface area contributed by atoms with Gasteiger partial charge < -0.3 is 10.8 Å². The van der Waals surface area contributed by atoms with Crippen LogP contribution in [0.1, 0.15) is 55.3 Å². The zero-order chi connectivity index (χ0) is 13.3. The summed E-state index contributed by atoms with van der Waals surface area (Å²) >= 11 is 0. The normalized spacial score (nSPS) is 28.3. The Morgan fingerprint density at radius 2 is 2.00 bits per heavy atom. The van der Waals surface area contributed by atoms with Crippen LogP contribution in [0.2, 0.25) is 0 Å². The highest BCUT2D eigenvalue weighted by molar-refractivity contribution is 5.86. The molecule has 1 aromatic heterocycles. The molecule has 0 radical (unpaired) electrons. The molecule has 2 atom stereocenters. The maximum absolute atomic E-state index is 11.0. The van der Waals surface area contributed by atoms with Crippen molar-refractivity contribution in [2.24, 2.45) is 17.6 Å². The number of hydrogen-bond acceptors (Lipinski definition) is 4. The second kappa shape index (κ2) is 5.06. The van der Waals surface area contributed by atoms with E-state index >= 15 is 0 Å². The van der Waals surface area contributed by atoms with Crippen LogP contribution in [0.15, 0.2) is 0 Å². The molecule has 0 aliphatic heterocycles. The molecule has 3 N–H and O–H groups in total. The quantitative estimate of drug-likeness (QED) is 0.848. The average Bonchev–Trinajstić information content (AvgIpc) is 2.70. The SMILES string of the molecule is CC1CC(C)CC(n2nnc(C(=O)O)c2CN)C1. The lowest BCUT2D eigenvalue weighted by molar-refractivity contribution is 0.0689. The summed E-state index contributed by atoms with van der Waals surface area (Å²) in [4.78, 5) is 11.0. The number of nitrogens with zero attached hydrogens (tertiary/aromatic N) is 3. The minimum absolute atomic E-state index is 0.0108. The monoisotopic (exact) mass is 252 g/mol. The highest BCUT2D eigenvalue weighted by atomic mass is 16.4. The second-order valence-electron chi connectivity index (χ2n) is 5.41. The molecule has 100 valence electrons. The lowest BCUT2D eigenvalue weighted by Gasteiger charge is -2.32. The van der Waals surface area contributed by atoms with Crippen LogP contribution in [0, 0.1) is 11.8 Å². The number of rotatable bonds is 3. The first-order chi connectivity index (χ1) is 8.52. The second-order valence-corrected chi connectivity index (χ2v) is 5.41. The fourth-order valence-electron chi connectivity index (χ4n) is 3.07. The van der Waals surface area contributed by atoms with Crippen LogP contribution in [0.4, 0.5) is 0 Å². The molecule has 2 rings (SSSR count). The van der Waals surface area contributed by atoms with E-state index in [9.17, 15) is 4.79 Å². The van der Waals surface area contributed by atoms with Crippen molar-refractivity contribution in [2.75, 3.05) is 0 Å². The summed E-state index contributed by atoms with van der Waals surface area (Å²) in [7, 11) is 0. The van der Waals surface area contributed by atoms with E-state index in [4.69, 9.17) is 10.8 Å². The number of aromatic carboxylic acids is 1.